The Kier molecular flexibility index (Phi) is 5.05. The van der Waals surface area contributed by atoms with Crippen LogP contribution < -0.4 is 4.74 Å². The molecule has 0 aliphatic carbocycles. The number of ether oxygens (including phenoxy) is 2. The number of carbonyl (C=O) groups is 3. The summed E-state index contributed by atoms with van der Waals surface area (Å²) in [7, 11) is 0. The molecule has 8 heteroatoms. The number of hydrogen-bond acceptors (Lipinski definition) is 7. The number of benzene rings is 2. The molecule has 4 rings (SSSR count). The van der Waals surface area contributed by atoms with Crippen molar-refractivity contribution in [2.24, 2.45) is 0 Å². The molecule has 2 heterocycles. The van der Waals surface area contributed by atoms with Crippen LogP contribution in [0.4, 0.5) is 0 Å². The third-order valence-electron chi connectivity index (χ3n) is 4.86. The number of nitrogens with zero attached hydrogens (tertiary/aromatic N) is 2. The van der Waals surface area contributed by atoms with E-state index in [0.717, 1.165) is 16.2 Å². The van der Waals surface area contributed by atoms with Crippen molar-refractivity contribution < 1.29 is 28.4 Å². The van der Waals surface area contributed by atoms with Gasteiger partial charge in [0.25, 0.3) is 11.8 Å². The van der Waals surface area contributed by atoms with Crippen molar-refractivity contribution in [3.05, 3.63) is 82.2 Å². The molecule has 0 atom stereocenters. The second kappa shape index (κ2) is 7.82. The molecule has 0 fully saturated rings. The van der Waals surface area contributed by atoms with Crippen molar-refractivity contribution in [2.75, 3.05) is 6.73 Å². The first-order valence-electron chi connectivity index (χ1n) is 9.22. The van der Waals surface area contributed by atoms with Gasteiger partial charge in [-0.3, -0.25) is 9.59 Å². The molecule has 8 nitrogen and oxygen atoms in total. The lowest BCUT2D eigenvalue weighted by atomic mass is 10.1. The van der Waals surface area contributed by atoms with Crippen molar-refractivity contribution in [2.45, 2.75) is 20.5 Å². The number of imide groups is 1. The largest absolute Gasteiger partial charge is 0.489 e. The van der Waals surface area contributed by atoms with Crippen LogP contribution in [0.15, 0.2) is 53.1 Å². The Labute approximate surface area is 172 Å². The second-order valence-corrected chi connectivity index (χ2v) is 6.76. The first kappa shape index (κ1) is 19.4. The van der Waals surface area contributed by atoms with E-state index in [-0.39, 0.29) is 5.56 Å². The number of rotatable bonds is 6. The van der Waals surface area contributed by atoms with Gasteiger partial charge >= 0.3 is 5.97 Å². The van der Waals surface area contributed by atoms with Crippen molar-refractivity contribution in [1.82, 2.24) is 10.1 Å². The normalized spacial score (nSPS) is 12.8. The Morgan fingerprint density at radius 1 is 1.00 bits per heavy atom. The van der Waals surface area contributed by atoms with Gasteiger partial charge in [0.1, 0.15) is 18.1 Å². The molecule has 30 heavy (non-hydrogen) atoms. The highest BCUT2D eigenvalue weighted by molar-refractivity contribution is 6.21. The lowest BCUT2D eigenvalue weighted by molar-refractivity contribution is 0.0228. The van der Waals surface area contributed by atoms with E-state index in [1.807, 2.05) is 13.8 Å². The third-order valence-corrected chi connectivity index (χ3v) is 4.86. The van der Waals surface area contributed by atoms with Crippen LogP contribution in [-0.2, 0) is 11.3 Å². The van der Waals surface area contributed by atoms with E-state index in [2.05, 4.69) is 5.16 Å². The average Bonchev–Trinajstić information content (AvgIpc) is 3.21. The molecule has 0 spiro atoms. The van der Waals surface area contributed by atoms with E-state index in [9.17, 15) is 14.4 Å². The zero-order valence-electron chi connectivity index (χ0n) is 16.4. The van der Waals surface area contributed by atoms with Crippen LogP contribution in [0.25, 0.3) is 0 Å². The molecule has 0 radical (unpaired) electrons. The number of aryl methyl sites for hydroxylation is 2. The molecule has 3 aromatic rings. The maximum absolute atomic E-state index is 12.3. The molecule has 1 aliphatic heterocycles. The quantitative estimate of drug-likeness (QED) is 0.457. The summed E-state index contributed by atoms with van der Waals surface area (Å²) < 4.78 is 16.0. The number of carbonyl (C=O) groups excluding carboxylic acids is 3. The molecule has 1 aromatic heterocycles. The first-order valence-corrected chi connectivity index (χ1v) is 9.22. The molecule has 2 aromatic carbocycles. The molecular weight excluding hydrogens is 388 g/mol. The van der Waals surface area contributed by atoms with Gasteiger partial charge in [-0.25, -0.2) is 9.69 Å². The van der Waals surface area contributed by atoms with Crippen LogP contribution in [0.2, 0.25) is 0 Å². The number of aromatic nitrogens is 1. The molecule has 0 bridgehead atoms. The fraction of sp³-hybridized carbons (Fsp3) is 0.182. The lowest BCUT2D eigenvalue weighted by Crippen LogP contribution is -2.33. The summed E-state index contributed by atoms with van der Waals surface area (Å²) in [6.07, 6.45) is 0. The highest BCUT2D eigenvalue weighted by Gasteiger charge is 2.35. The van der Waals surface area contributed by atoms with Crippen LogP contribution in [0.1, 0.15) is 48.1 Å². The Bertz CT molecular complexity index is 1080. The minimum atomic E-state index is -0.649. The van der Waals surface area contributed by atoms with E-state index in [1.165, 1.54) is 0 Å². The smallest absolute Gasteiger partial charge is 0.339 e. The molecule has 2 amide bonds. The Morgan fingerprint density at radius 3 is 2.20 bits per heavy atom. The summed E-state index contributed by atoms with van der Waals surface area (Å²) in [6.45, 7) is 3.50. The fourth-order valence-corrected chi connectivity index (χ4v) is 3.11. The second-order valence-electron chi connectivity index (χ2n) is 6.76. The summed E-state index contributed by atoms with van der Waals surface area (Å²) in [5.74, 6) is -0.352. The Hall–Kier alpha value is -3.94. The monoisotopic (exact) mass is 406 g/mol. The molecule has 1 aliphatic rings. The number of esters is 1. The van der Waals surface area contributed by atoms with Gasteiger partial charge in [0.2, 0.25) is 0 Å². The van der Waals surface area contributed by atoms with Crippen LogP contribution >= 0.6 is 0 Å². The van der Waals surface area contributed by atoms with E-state index in [1.54, 1.807) is 48.5 Å². The number of hydrogen-bond donors (Lipinski definition) is 0. The molecule has 0 unspecified atom stereocenters. The zero-order chi connectivity index (χ0) is 21.3. The van der Waals surface area contributed by atoms with Crippen molar-refractivity contribution in [1.29, 1.82) is 0 Å². The summed E-state index contributed by atoms with van der Waals surface area (Å²) in [4.78, 5) is 37.8. The highest BCUT2D eigenvalue weighted by atomic mass is 16.5. The molecule has 0 saturated carbocycles. The maximum atomic E-state index is 12.3. The molecular formula is C22H18N2O6. The lowest BCUT2D eigenvalue weighted by Gasteiger charge is -2.14. The zero-order valence-corrected chi connectivity index (χ0v) is 16.4. The standard InChI is InChI=1S/C22H18N2O6/c1-13-19(14(2)30-23-13)11-28-16-9-7-15(8-10-16)22(27)29-12-24-20(25)17-5-3-4-6-18(17)21(24)26/h3-10H,11-12H2,1-2H3. The van der Waals surface area contributed by atoms with Gasteiger partial charge < -0.3 is 14.0 Å². The molecule has 0 saturated heterocycles. The summed E-state index contributed by atoms with van der Waals surface area (Å²) in [5.41, 5.74) is 2.52. The topological polar surface area (TPSA) is 98.9 Å². The minimum absolute atomic E-state index is 0.274. The highest BCUT2D eigenvalue weighted by Crippen LogP contribution is 2.23. The van der Waals surface area contributed by atoms with E-state index >= 15 is 0 Å². The van der Waals surface area contributed by atoms with Gasteiger partial charge in [0.15, 0.2) is 6.73 Å². The third kappa shape index (κ3) is 3.55. The van der Waals surface area contributed by atoms with Gasteiger partial charge in [-0.1, -0.05) is 17.3 Å². The Balaban J connectivity index is 1.34. The predicted octanol–water partition coefficient (Wildman–Crippen LogP) is 3.28. The van der Waals surface area contributed by atoms with Crippen molar-refractivity contribution >= 4 is 17.8 Å². The predicted molar refractivity (Wildman–Crippen MR) is 104 cm³/mol. The van der Waals surface area contributed by atoms with Crippen LogP contribution in [0.5, 0.6) is 5.75 Å². The maximum Gasteiger partial charge on any atom is 0.339 e. The van der Waals surface area contributed by atoms with Gasteiger partial charge in [-0.15, -0.1) is 0 Å². The number of fused-ring (bicyclic) bond motifs is 1. The van der Waals surface area contributed by atoms with E-state index in [0.29, 0.717) is 29.2 Å². The van der Waals surface area contributed by atoms with Crippen LogP contribution in [-0.4, -0.2) is 34.6 Å². The minimum Gasteiger partial charge on any atom is -0.489 e. The summed E-state index contributed by atoms with van der Waals surface area (Å²) in [5, 5.41) is 3.87. The summed E-state index contributed by atoms with van der Waals surface area (Å²) >= 11 is 0. The van der Waals surface area contributed by atoms with Crippen molar-refractivity contribution in [3.63, 3.8) is 0 Å². The van der Waals surface area contributed by atoms with Gasteiger partial charge in [-0.2, -0.15) is 0 Å². The van der Waals surface area contributed by atoms with Crippen molar-refractivity contribution in [3.8, 4) is 5.75 Å². The Morgan fingerprint density at radius 2 is 1.63 bits per heavy atom. The molecule has 0 N–H and O–H groups in total. The summed E-state index contributed by atoms with van der Waals surface area (Å²) in [6, 6.07) is 12.9. The average molecular weight is 406 g/mol. The number of amides is 2. The fourth-order valence-electron chi connectivity index (χ4n) is 3.11. The first-order chi connectivity index (χ1) is 14.5. The van der Waals surface area contributed by atoms with E-state index < -0.39 is 24.5 Å². The SMILES string of the molecule is Cc1noc(C)c1COc1ccc(C(=O)OCN2C(=O)c3ccccc3C2=O)cc1. The van der Waals surface area contributed by atoms with Gasteiger partial charge in [0, 0.05) is 0 Å². The van der Waals surface area contributed by atoms with E-state index in [4.69, 9.17) is 14.0 Å². The van der Waals surface area contributed by atoms with Crippen LogP contribution in [0, 0.1) is 13.8 Å². The van der Waals surface area contributed by atoms with Crippen LogP contribution in [0.3, 0.4) is 0 Å². The van der Waals surface area contributed by atoms with Gasteiger partial charge in [-0.05, 0) is 50.2 Å². The molecule has 152 valence electrons. The van der Waals surface area contributed by atoms with Gasteiger partial charge in [0.05, 0.1) is 27.9 Å².